The standard InChI is InChI=1S/C14H16N2S/c1-10-2-5-14(17-10)12-6-11(7-15-9-12)8-16-13-3-4-13/h2,5-7,9,13,16H,3-4,8H2,1H3. The van der Waals surface area contributed by atoms with Gasteiger partial charge in [-0.3, -0.25) is 4.98 Å². The molecular weight excluding hydrogens is 228 g/mol. The molecule has 2 heterocycles. The smallest absolute Gasteiger partial charge is 0.0361 e. The van der Waals surface area contributed by atoms with E-state index in [0.717, 1.165) is 12.6 Å². The topological polar surface area (TPSA) is 24.9 Å². The summed E-state index contributed by atoms with van der Waals surface area (Å²) in [7, 11) is 0. The quantitative estimate of drug-likeness (QED) is 0.892. The Morgan fingerprint density at radius 1 is 1.35 bits per heavy atom. The summed E-state index contributed by atoms with van der Waals surface area (Å²) >= 11 is 1.83. The van der Waals surface area contributed by atoms with Crippen LogP contribution in [-0.4, -0.2) is 11.0 Å². The molecule has 17 heavy (non-hydrogen) atoms. The molecule has 0 radical (unpaired) electrons. The van der Waals surface area contributed by atoms with E-state index in [1.54, 1.807) is 0 Å². The molecule has 3 rings (SSSR count). The molecule has 0 saturated heterocycles. The summed E-state index contributed by atoms with van der Waals surface area (Å²) < 4.78 is 0. The minimum absolute atomic E-state index is 0.752. The van der Waals surface area contributed by atoms with Gasteiger partial charge in [-0.05, 0) is 43.5 Å². The predicted molar refractivity (Wildman–Crippen MR) is 72.1 cm³/mol. The SMILES string of the molecule is Cc1ccc(-c2cncc(CNC3CC3)c2)s1. The van der Waals surface area contributed by atoms with E-state index in [0.29, 0.717) is 0 Å². The van der Waals surface area contributed by atoms with Gasteiger partial charge in [0.15, 0.2) is 0 Å². The normalized spacial score (nSPS) is 15.1. The Balaban J connectivity index is 1.77. The fourth-order valence-electron chi connectivity index (χ4n) is 1.86. The fourth-order valence-corrected chi connectivity index (χ4v) is 2.71. The van der Waals surface area contributed by atoms with Crippen molar-refractivity contribution >= 4 is 11.3 Å². The first-order valence-corrected chi connectivity index (χ1v) is 6.87. The van der Waals surface area contributed by atoms with E-state index in [1.807, 2.05) is 23.7 Å². The number of pyridine rings is 1. The average Bonchev–Trinajstić information content (AvgIpc) is 3.08. The molecule has 1 N–H and O–H groups in total. The van der Waals surface area contributed by atoms with E-state index in [4.69, 9.17) is 0 Å². The van der Waals surface area contributed by atoms with Gasteiger partial charge in [0.05, 0.1) is 0 Å². The van der Waals surface area contributed by atoms with Crippen molar-refractivity contribution in [2.24, 2.45) is 0 Å². The largest absolute Gasteiger partial charge is 0.310 e. The number of hydrogen-bond acceptors (Lipinski definition) is 3. The van der Waals surface area contributed by atoms with E-state index < -0.39 is 0 Å². The highest BCUT2D eigenvalue weighted by molar-refractivity contribution is 7.15. The summed E-state index contributed by atoms with van der Waals surface area (Å²) in [6.07, 6.45) is 6.57. The Labute approximate surface area is 106 Å². The van der Waals surface area contributed by atoms with Gasteiger partial charge < -0.3 is 5.32 Å². The maximum Gasteiger partial charge on any atom is 0.0361 e. The van der Waals surface area contributed by atoms with Crippen molar-refractivity contribution in [3.05, 3.63) is 41.0 Å². The molecule has 3 heteroatoms. The summed E-state index contributed by atoms with van der Waals surface area (Å²) in [6, 6.07) is 7.33. The Kier molecular flexibility index (Phi) is 2.95. The molecule has 2 aromatic rings. The zero-order valence-corrected chi connectivity index (χ0v) is 10.8. The van der Waals surface area contributed by atoms with Crippen molar-refractivity contribution in [2.45, 2.75) is 32.4 Å². The van der Waals surface area contributed by atoms with Crippen LogP contribution in [0.2, 0.25) is 0 Å². The maximum atomic E-state index is 4.34. The van der Waals surface area contributed by atoms with Crippen LogP contribution in [0.3, 0.4) is 0 Å². The molecule has 88 valence electrons. The average molecular weight is 244 g/mol. The highest BCUT2D eigenvalue weighted by Crippen LogP contribution is 2.27. The Morgan fingerprint density at radius 3 is 2.94 bits per heavy atom. The number of rotatable bonds is 4. The van der Waals surface area contributed by atoms with Crippen molar-refractivity contribution in [1.29, 1.82) is 0 Å². The summed E-state index contributed by atoms with van der Waals surface area (Å²) in [6.45, 7) is 3.08. The van der Waals surface area contributed by atoms with Crippen molar-refractivity contribution in [1.82, 2.24) is 10.3 Å². The number of aryl methyl sites for hydroxylation is 1. The van der Waals surface area contributed by atoms with Crippen LogP contribution in [0.4, 0.5) is 0 Å². The maximum absolute atomic E-state index is 4.34. The number of aromatic nitrogens is 1. The molecule has 2 aromatic heterocycles. The number of nitrogens with zero attached hydrogens (tertiary/aromatic N) is 1. The Morgan fingerprint density at radius 2 is 2.24 bits per heavy atom. The van der Waals surface area contributed by atoms with Gasteiger partial charge in [0.25, 0.3) is 0 Å². The molecular formula is C14H16N2S. The summed E-state index contributed by atoms with van der Waals surface area (Å²) in [5.74, 6) is 0. The molecule has 0 unspecified atom stereocenters. The number of hydrogen-bond donors (Lipinski definition) is 1. The van der Waals surface area contributed by atoms with Crippen molar-refractivity contribution in [3.63, 3.8) is 0 Å². The van der Waals surface area contributed by atoms with E-state index in [1.165, 1.54) is 33.7 Å². The van der Waals surface area contributed by atoms with Crippen LogP contribution in [0.25, 0.3) is 10.4 Å². The predicted octanol–water partition coefficient (Wildman–Crippen LogP) is 3.37. The van der Waals surface area contributed by atoms with Crippen LogP contribution < -0.4 is 5.32 Å². The highest BCUT2D eigenvalue weighted by atomic mass is 32.1. The Bertz CT molecular complexity index is 514. The molecule has 1 aliphatic carbocycles. The lowest BCUT2D eigenvalue weighted by Crippen LogP contribution is -2.15. The molecule has 1 aliphatic rings. The fraction of sp³-hybridized carbons (Fsp3) is 0.357. The van der Waals surface area contributed by atoms with Gasteiger partial charge in [-0.1, -0.05) is 0 Å². The third-order valence-electron chi connectivity index (χ3n) is 2.99. The van der Waals surface area contributed by atoms with E-state index in [9.17, 15) is 0 Å². The van der Waals surface area contributed by atoms with E-state index in [-0.39, 0.29) is 0 Å². The van der Waals surface area contributed by atoms with Crippen molar-refractivity contribution in [2.75, 3.05) is 0 Å². The van der Waals surface area contributed by atoms with Crippen LogP contribution in [0.1, 0.15) is 23.3 Å². The number of thiophene rings is 1. The van der Waals surface area contributed by atoms with Gasteiger partial charge in [0.2, 0.25) is 0 Å². The van der Waals surface area contributed by atoms with Crippen LogP contribution >= 0.6 is 11.3 Å². The first kappa shape index (κ1) is 10.9. The second-order valence-corrected chi connectivity index (χ2v) is 5.94. The van der Waals surface area contributed by atoms with Gasteiger partial charge in [0, 0.05) is 40.3 Å². The lowest BCUT2D eigenvalue weighted by Gasteiger charge is -2.04. The Hall–Kier alpha value is -1.19. The molecule has 0 aromatic carbocycles. The minimum Gasteiger partial charge on any atom is -0.310 e. The van der Waals surface area contributed by atoms with Crippen molar-refractivity contribution < 1.29 is 0 Å². The van der Waals surface area contributed by atoms with E-state index in [2.05, 4.69) is 35.4 Å². The van der Waals surface area contributed by atoms with Gasteiger partial charge in [-0.2, -0.15) is 0 Å². The zero-order valence-electron chi connectivity index (χ0n) is 9.94. The van der Waals surface area contributed by atoms with Crippen LogP contribution in [0, 0.1) is 6.92 Å². The van der Waals surface area contributed by atoms with Gasteiger partial charge >= 0.3 is 0 Å². The molecule has 0 bridgehead atoms. The van der Waals surface area contributed by atoms with Gasteiger partial charge in [0.1, 0.15) is 0 Å². The molecule has 2 nitrogen and oxygen atoms in total. The summed E-state index contributed by atoms with van der Waals surface area (Å²) in [5, 5.41) is 3.52. The van der Waals surface area contributed by atoms with Crippen LogP contribution in [0.5, 0.6) is 0 Å². The summed E-state index contributed by atoms with van der Waals surface area (Å²) in [4.78, 5) is 6.99. The third kappa shape index (κ3) is 2.73. The van der Waals surface area contributed by atoms with E-state index >= 15 is 0 Å². The lowest BCUT2D eigenvalue weighted by molar-refractivity contribution is 0.686. The highest BCUT2D eigenvalue weighted by Gasteiger charge is 2.19. The first-order chi connectivity index (χ1) is 8.31. The molecule has 0 atom stereocenters. The first-order valence-electron chi connectivity index (χ1n) is 6.05. The molecule has 1 saturated carbocycles. The zero-order chi connectivity index (χ0) is 11.7. The monoisotopic (exact) mass is 244 g/mol. The van der Waals surface area contributed by atoms with Gasteiger partial charge in [-0.15, -0.1) is 11.3 Å². The van der Waals surface area contributed by atoms with Crippen molar-refractivity contribution in [3.8, 4) is 10.4 Å². The van der Waals surface area contributed by atoms with Crippen LogP contribution in [-0.2, 0) is 6.54 Å². The molecule has 0 spiro atoms. The second kappa shape index (κ2) is 4.59. The lowest BCUT2D eigenvalue weighted by atomic mass is 10.2. The summed E-state index contributed by atoms with van der Waals surface area (Å²) in [5.41, 5.74) is 2.51. The van der Waals surface area contributed by atoms with Crippen LogP contribution in [0.15, 0.2) is 30.6 Å². The molecule has 0 amide bonds. The minimum atomic E-state index is 0.752. The second-order valence-electron chi connectivity index (χ2n) is 4.65. The third-order valence-corrected chi connectivity index (χ3v) is 4.04. The molecule has 1 fully saturated rings. The molecule has 0 aliphatic heterocycles. The number of nitrogens with one attached hydrogen (secondary N) is 1. The van der Waals surface area contributed by atoms with Gasteiger partial charge in [-0.25, -0.2) is 0 Å².